The van der Waals surface area contributed by atoms with Crippen LogP contribution in [0.25, 0.3) is 0 Å². The molecule has 0 bridgehead atoms. The number of rotatable bonds is 9. The van der Waals surface area contributed by atoms with Crippen LogP contribution in [0.5, 0.6) is 5.75 Å². The third-order valence-electron chi connectivity index (χ3n) is 3.15. The molecule has 0 spiro atoms. The van der Waals surface area contributed by atoms with Crippen LogP contribution in [0.4, 0.5) is 0 Å². The van der Waals surface area contributed by atoms with Gasteiger partial charge in [0.2, 0.25) is 5.91 Å². The molecule has 2 rings (SSSR count). The summed E-state index contributed by atoms with van der Waals surface area (Å²) in [6.45, 7) is 1.75. The lowest BCUT2D eigenvalue weighted by molar-refractivity contribution is -0.118. The highest BCUT2D eigenvalue weighted by atomic mass is 32.2. The molecule has 1 heterocycles. The molecule has 23 heavy (non-hydrogen) atoms. The maximum atomic E-state index is 11.7. The second-order valence-electron chi connectivity index (χ2n) is 4.82. The number of carbonyl (C=O) groups is 1. The van der Waals surface area contributed by atoms with Crippen molar-refractivity contribution in [3.63, 3.8) is 0 Å². The second-order valence-corrected chi connectivity index (χ2v) is 5.76. The van der Waals surface area contributed by atoms with E-state index in [-0.39, 0.29) is 5.91 Å². The first-order valence-electron chi connectivity index (χ1n) is 7.25. The summed E-state index contributed by atoms with van der Waals surface area (Å²) in [7, 11) is 3.26. The Morgan fingerprint density at radius 2 is 2.09 bits per heavy atom. The molecule has 1 N–H and O–H groups in total. The van der Waals surface area contributed by atoms with Gasteiger partial charge in [-0.05, 0) is 17.7 Å². The van der Waals surface area contributed by atoms with Gasteiger partial charge in [0.15, 0.2) is 5.16 Å². The van der Waals surface area contributed by atoms with Crippen LogP contribution in [-0.2, 0) is 16.1 Å². The minimum absolute atomic E-state index is 0.0222. The van der Waals surface area contributed by atoms with Gasteiger partial charge in [-0.15, -0.1) is 0 Å². The number of aromatic nitrogens is 2. The number of nitrogens with one attached hydrogen (secondary N) is 1. The van der Waals surface area contributed by atoms with Crippen molar-refractivity contribution in [1.82, 2.24) is 14.9 Å². The van der Waals surface area contributed by atoms with Crippen molar-refractivity contribution in [1.29, 1.82) is 0 Å². The lowest BCUT2D eigenvalue weighted by Crippen LogP contribution is -2.28. The molecular weight excluding hydrogens is 314 g/mol. The normalized spacial score (nSPS) is 10.5. The fourth-order valence-electron chi connectivity index (χ4n) is 1.96. The lowest BCUT2D eigenvalue weighted by Gasteiger charge is -2.08. The Labute approximate surface area is 140 Å². The van der Waals surface area contributed by atoms with Crippen molar-refractivity contribution in [2.45, 2.75) is 11.7 Å². The summed E-state index contributed by atoms with van der Waals surface area (Å²) in [5, 5.41) is 3.61. The van der Waals surface area contributed by atoms with E-state index in [9.17, 15) is 4.79 Å². The number of thioether (sulfide) groups is 1. The molecule has 0 saturated heterocycles. The van der Waals surface area contributed by atoms with Gasteiger partial charge in [-0.25, -0.2) is 4.98 Å². The lowest BCUT2D eigenvalue weighted by atomic mass is 10.2. The van der Waals surface area contributed by atoms with E-state index in [1.165, 1.54) is 11.8 Å². The topological polar surface area (TPSA) is 65.4 Å². The van der Waals surface area contributed by atoms with Crippen molar-refractivity contribution < 1.29 is 14.3 Å². The Kier molecular flexibility index (Phi) is 6.96. The van der Waals surface area contributed by atoms with E-state index in [1.54, 1.807) is 20.4 Å². The fourth-order valence-corrected chi connectivity index (χ4v) is 2.75. The summed E-state index contributed by atoms with van der Waals surface area (Å²) in [6, 6.07) is 7.90. The maximum absolute atomic E-state index is 11.7. The molecule has 1 aromatic heterocycles. The van der Waals surface area contributed by atoms with E-state index < -0.39 is 0 Å². The molecule has 0 atom stereocenters. The number of benzene rings is 1. The number of carbonyl (C=O) groups excluding carboxylic acids is 1. The third-order valence-corrected chi connectivity index (χ3v) is 4.15. The van der Waals surface area contributed by atoms with E-state index in [2.05, 4.69) is 10.3 Å². The highest BCUT2D eigenvalue weighted by Crippen LogP contribution is 2.18. The average Bonchev–Trinajstić information content (AvgIpc) is 3.01. The quantitative estimate of drug-likeness (QED) is 0.559. The number of hydrogen-bond acceptors (Lipinski definition) is 5. The van der Waals surface area contributed by atoms with Gasteiger partial charge < -0.3 is 19.4 Å². The molecule has 1 aromatic carbocycles. The zero-order chi connectivity index (χ0) is 16.5. The average molecular weight is 335 g/mol. The molecule has 7 heteroatoms. The molecule has 0 fully saturated rings. The van der Waals surface area contributed by atoms with Gasteiger partial charge in [-0.3, -0.25) is 4.79 Å². The zero-order valence-corrected chi connectivity index (χ0v) is 14.1. The summed E-state index contributed by atoms with van der Waals surface area (Å²) >= 11 is 1.42. The zero-order valence-electron chi connectivity index (χ0n) is 13.3. The molecule has 6 nitrogen and oxygen atoms in total. The van der Waals surface area contributed by atoms with Gasteiger partial charge in [0.05, 0.1) is 19.5 Å². The number of nitrogens with zero attached hydrogens (tertiary/aromatic N) is 2. The Balaban J connectivity index is 1.87. The van der Waals surface area contributed by atoms with Crippen LogP contribution >= 0.6 is 11.8 Å². The number of amides is 1. The first-order valence-corrected chi connectivity index (χ1v) is 8.24. The molecule has 0 aliphatic carbocycles. The summed E-state index contributed by atoms with van der Waals surface area (Å²) in [5.74, 6) is 1.15. The number of hydrogen-bond donors (Lipinski definition) is 1. The van der Waals surface area contributed by atoms with Crippen LogP contribution in [-0.4, -0.2) is 48.6 Å². The van der Waals surface area contributed by atoms with Crippen LogP contribution in [0.1, 0.15) is 5.56 Å². The van der Waals surface area contributed by atoms with Gasteiger partial charge >= 0.3 is 0 Å². The van der Waals surface area contributed by atoms with E-state index in [1.807, 2.05) is 35.0 Å². The van der Waals surface area contributed by atoms with Crippen molar-refractivity contribution in [3.05, 3.63) is 42.2 Å². The number of imidazole rings is 1. The molecule has 1 amide bonds. The Bertz CT molecular complexity index is 613. The van der Waals surface area contributed by atoms with Crippen LogP contribution in [0, 0.1) is 0 Å². The Morgan fingerprint density at radius 3 is 2.78 bits per heavy atom. The number of ether oxygens (including phenoxy) is 2. The number of methoxy groups -OCH3 is 2. The van der Waals surface area contributed by atoms with Gasteiger partial charge in [0.25, 0.3) is 0 Å². The highest BCUT2D eigenvalue weighted by molar-refractivity contribution is 7.99. The molecular formula is C16H21N3O3S. The first-order chi connectivity index (χ1) is 11.2. The molecule has 0 aliphatic rings. The van der Waals surface area contributed by atoms with Crippen LogP contribution < -0.4 is 10.1 Å². The fraction of sp³-hybridized carbons (Fsp3) is 0.375. The monoisotopic (exact) mass is 335 g/mol. The van der Waals surface area contributed by atoms with Crippen molar-refractivity contribution >= 4 is 17.7 Å². The minimum Gasteiger partial charge on any atom is -0.497 e. The molecule has 0 radical (unpaired) electrons. The highest BCUT2D eigenvalue weighted by Gasteiger charge is 2.08. The molecule has 0 unspecified atom stereocenters. The van der Waals surface area contributed by atoms with Gasteiger partial charge in [0.1, 0.15) is 5.75 Å². The van der Waals surface area contributed by atoms with Gasteiger partial charge in [0, 0.05) is 32.6 Å². The summed E-state index contributed by atoms with van der Waals surface area (Å²) in [5.41, 5.74) is 1.15. The van der Waals surface area contributed by atoms with Gasteiger partial charge in [-0.2, -0.15) is 0 Å². The largest absolute Gasteiger partial charge is 0.497 e. The predicted molar refractivity (Wildman–Crippen MR) is 89.9 cm³/mol. The first kappa shape index (κ1) is 17.4. The minimum atomic E-state index is -0.0222. The Morgan fingerprint density at radius 1 is 1.30 bits per heavy atom. The smallest absolute Gasteiger partial charge is 0.230 e. The van der Waals surface area contributed by atoms with E-state index in [0.717, 1.165) is 16.5 Å². The summed E-state index contributed by atoms with van der Waals surface area (Å²) in [4.78, 5) is 16.0. The van der Waals surface area contributed by atoms with Crippen molar-refractivity contribution in [2.24, 2.45) is 0 Å². The van der Waals surface area contributed by atoms with Crippen molar-refractivity contribution in [3.8, 4) is 5.75 Å². The molecule has 0 saturated carbocycles. The van der Waals surface area contributed by atoms with Crippen molar-refractivity contribution in [2.75, 3.05) is 33.1 Å². The third kappa shape index (κ3) is 5.61. The second kappa shape index (κ2) is 9.22. The van der Waals surface area contributed by atoms with Crippen LogP contribution in [0.2, 0.25) is 0 Å². The van der Waals surface area contributed by atoms with E-state index in [4.69, 9.17) is 9.47 Å². The standard InChI is InChI=1S/C16H21N3O3S/c1-21-10-8-17-15(20)12-23-16-18-7-9-19(16)11-13-3-5-14(22-2)6-4-13/h3-7,9H,8,10-12H2,1-2H3,(H,17,20). The maximum Gasteiger partial charge on any atom is 0.230 e. The molecule has 124 valence electrons. The Hall–Kier alpha value is -1.99. The van der Waals surface area contributed by atoms with Crippen LogP contribution in [0.3, 0.4) is 0 Å². The van der Waals surface area contributed by atoms with Gasteiger partial charge in [-0.1, -0.05) is 23.9 Å². The SMILES string of the molecule is COCCNC(=O)CSc1nccn1Cc1ccc(OC)cc1. The van der Waals surface area contributed by atoms with E-state index >= 15 is 0 Å². The van der Waals surface area contributed by atoms with Crippen LogP contribution in [0.15, 0.2) is 41.8 Å². The predicted octanol–water partition coefficient (Wildman–Crippen LogP) is 1.79. The van der Waals surface area contributed by atoms with E-state index in [0.29, 0.717) is 25.4 Å². The summed E-state index contributed by atoms with van der Waals surface area (Å²) < 4.78 is 12.1. The molecule has 2 aromatic rings. The molecule has 0 aliphatic heterocycles. The summed E-state index contributed by atoms with van der Waals surface area (Å²) in [6.07, 6.45) is 3.66.